The van der Waals surface area contributed by atoms with Gasteiger partial charge in [0.25, 0.3) is 0 Å². The quantitative estimate of drug-likeness (QED) is 0.0606. The zero-order chi connectivity index (χ0) is 41.4. The molecule has 24 nitrogen and oxygen atoms in total. The molecule has 4 rings (SSSR count). The van der Waals surface area contributed by atoms with Crippen LogP contribution in [0.25, 0.3) is 0 Å². The van der Waals surface area contributed by atoms with Crippen LogP contribution in [-0.2, 0) is 38.0 Å². The zero-order valence-electron chi connectivity index (χ0n) is 31.2. The highest BCUT2D eigenvalue weighted by Gasteiger charge is 2.50. The average molecular weight is 813 g/mol. The Bertz CT molecular complexity index is 1150. The molecule has 2 amide bonds. The van der Waals surface area contributed by atoms with Gasteiger partial charge in [0.1, 0.15) is 74.3 Å². The molecule has 0 radical (unpaired) electrons. The summed E-state index contributed by atoms with van der Waals surface area (Å²) in [7, 11) is 0. The second kappa shape index (κ2) is 21.4. The Morgan fingerprint density at radius 1 is 0.536 bits per heavy atom. The number of nitrogens with one attached hydrogen (secondary N) is 2. The highest BCUT2D eigenvalue weighted by molar-refractivity contribution is 5.77. The normalized spacial score (nSPS) is 44.6. The third-order valence-corrected chi connectivity index (χ3v) is 10.7. The zero-order valence-corrected chi connectivity index (χ0v) is 31.2. The van der Waals surface area contributed by atoms with Crippen molar-refractivity contribution in [3.63, 3.8) is 0 Å². The summed E-state index contributed by atoms with van der Waals surface area (Å²) in [6.45, 7) is -0.796. The minimum absolute atomic E-state index is 0.131. The van der Waals surface area contributed by atoms with E-state index in [9.17, 15) is 40.2 Å². The molecule has 20 atom stereocenters. The predicted molar refractivity (Wildman–Crippen MR) is 193 cm³/mol. The number of unbranched alkanes of at least 4 members (excludes halogenated alkanes) is 1. The van der Waals surface area contributed by atoms with Gasteiger partial charge in [-0.2, -0.15) is 0 Å². The first kappa shape index (κ1) is 46.8. The van der Waals surface area contributed by atoms with Crippen molar-refractivity contribution in [2.45, 2.75) is 148 Å². The lowest BCUT2D eigenvalue weighted by atomic mass is 9.84. The van der Waals surface area contributed by atoms with Gasteiger partial charge in [0.05, 0.1) is 24.3 Å². The number of hydrogen-bond acceptors (Lipinski definition) is 22. The molecule has 24 heteroatoms. The molecule has 326 valence electrons. The van der Waals surface area contributed by atoms with Crippen molar-refractivity contribution < 1.29 is 68.6 Å². The lowest BCUT2D eigenvalue weighted by Crippen LogP contribution is -2.68. The number of amides is 2. The van der Waals surface area contributed by atoms with Gasteiger partial charge in [-0.05, 0) is 25.7 Å². The molecule has 0 aromatic rings. The van der Waals surface area contributed by atoms with Gasteiger partial charge >= 0.3 is 0 Å². The summed E-state index contributed by atoms with van der Waals surface area (Å²) < 4.78 is 34.7. The van der Waals surface area contributed by atoms with Crippen molar-refractivity contribution in [1.29, 1.82) is 0 Å². The van der Waals surface area contributed by atoms with E-state index in [-0.39, 0.29) is 39.0 Å². The van der Waals surface area contributed by atoms with Crippen LogP contribution in [0.15, 0.2) is 0 Å². The maximum atomic E-state index is 12.6. The number of hydrogen-bond donors (Lipinski definition) is 16. The van der Waals surface area contributed by atoms with E-state index >= 15 is 0 Å². The average Bonchev–Trinajstić information content (AvgIpc) is 3.16. The van der Waals surface area contributed by atoms with E-state index in [1.807, 2.05) is 0 Å². The summed E-state index contributed by atoms with van der Waals surface area (Å²) in [6.07, 6.45) is -15.7. The number of rotatable bonds is 17. The molecule has 0 aromatic carbocycles. The van der Waals surface area contributed by atoms with Crippen molar-refractivity contribution in [2.24, 2.45) is 45.9 Å². The minimum Gasteiger partial charge on any atom is -0.389 e. The molecule has 0 spiro atoms. The molecule has 2 heterocycles. The molecule has 2 saturated carbocycles. The fourth-order valence-electron chi connectivity index (χ4n) is 7.28. The summed E-state index contributed by atoms with van der Waals surface area (Å²) in [4.78, 5) is 25.3. The number of aliphatic hydroxyl groups is 6. The Morgan fingerprint density at radius 2 is 0.893 bits per heavy atom. The lowest BCUT2D eigenvalue weighted by Gasteiger charge is -2.46. The SMILES string of the molecule is NC[C@H]1O[C@H](O[C@H]2[C@H](OCC(=O)NCCCCNC(=O)CO[C@@H]3[C@@H](O)[C@H](N)C[C@H](N)[C@H]3O[C@H]3O[C@H](CN)[C@@H](O)[C@H](O)[C@H]3N)[C@@H](O)[C@H](N)C[C@@H]2N)[C@H](N)[C@@H](O)[C@@H]1O. The molecule has 4 aliphatic rings. The first-order valence-electron chi connectivity index (χ1n) is 18.9. The Morgan fingerprint density at radius 3 is 1.23 bits per heavy atom. The van der Waals surface area contributed by atoms with Crippen LogP contribution in [0.2, 0.25) is 0 Å². The molecule has 2 aliphatic carbocycles. The van der Waals surface area contributed by atoms with Crippen molar-refractivity contribution in [2.75, 3.05) is 39.4 Å². The Labute approximate surface area is 324 Å². The monoisotopic (exact) mass is 812 g/mol. The molecular formula is C32H64N10O14. The number of carbonyl (C=O) groups excluding carboxylic acids is 2. The first-order valence-corrected chi connectivity index (χ1v) is 18.9. The molecule has 0 unspecified atom stereocenters. The van der Waals surface area contributed by atoms with E-state index in [1.165, 1.54) is 0 Å². The number of nitrogens with two attached hydrogens (primary N) is 8. The van der Waals surface area contributed by atoms with E-state index in [2.05, 4.69) is 10.6 Å². The fourth-order valence-corrected chi connectivity index (χ4v) is 7.28. The van der Waals surface area contributed by atoms with Gasteiger partial charge in [0, 0.05) is 50.3 Å². The first-order chi connectivity index (χ1) is 26.5. The van der Waals surface area contributed by atoms with Gasteiger partial charge in [0.15, 0.2) is 12.6 Å². The van der Waals surface area contributed by atoms with E-state index in [0.29, 0.717) is 12.8 Å². The number of carbonyl (C=O) groups is 2. The fraction of sp³-hybridized carbons (Fsp3) is 0.938. The van der Waals surface area contributed by atoms with Gasteiger partial charge < -0.3 is 116 Å². The second-order valence-electron chi connectivity index (χ2n) is 14.9. The van der Waals surface area contributed by atoms with Crippen LogP contribution in [0.1, 0.15) is 25.7 Å². The molecule has 4 fully saturated rings. The number of aliphatic hydroxyl groups excluding tert-OH is 6. The smallest absolute Gasteiger partial charge is 0.246 e. The van der Waals surface area contributed by atoms with E-state index in [4.69, 9.17) is 74.3 Å². The molecule has 0 bridgehead atoms. The van der Waals surface area contributed by atoms with Crippen LogP contribution < -0.4 is 56.5 Å². The van der Waals surface area contributed by atoms with Crippen LogP contribution in [0.3, 0.4) is 0 Å². The van der Waals surface area contributed by atoms with Crippen molar-refractivity contribution >= 4 is 11.8 Å². The standard InChI is InChI=1S/C32H64N10O14/c33-7-15-23(47)25(49)19(39)31(53-15)55-27-13(37)5-11(35)21(45)29(27)51-9-17(43)41-3-1-2-4-42-18(44)10-52-30-22(46)12(36)6-14(38)28(30)56-32-20(40)26(50)24(48)16(8-34)54-32/h11-16,19-32,45-50H,1-10,33-40H2,(H,41,43)(H,42,44)/t11-,12-,13+,14+,15-,16-,19-,20-,21+,22+,23-,24-,25-,26-,27-,28-,29-,30-,31-,32-/m1/s1. The summed E-state index contributed by atoms with van der Waals surface area (Å²) >= 11 is 0. The topological polar surface area (TPSA) is 443 Å². The highest BCUT2D eigenvalue weighted by atomic mass is 16.7. The molecule has 2 aliphatic heterocycles. The third-order valence-electron chi connectivity index (χ3n) is 10.7. The summed E-state index contributed by atoms with van der Waals surface area (Å²) in [6, 6.07) is -5.45. The molecule has 56 heavy (non-hydrogen) atoms. The van der Waals surface area contributed by atoms with Crippen LogP contribution in [-0.4, -0.2) is 204 Å². The molecule has 0 aromatic heterocycles. The maximum Gasteiger partial charge on any atom is 0.246 e. The van der Waals surface area contributed by atoms with Crippen molar-refractivity contribution in [3.8, 4) is 0 Å². The highest BCUT2D eigenvalue weighted by Crippen LogP contribution is 2.30. The summed E-state index contributed by atoms with van der Waals surface area (Å²) in [5, 5.41) is 68.0. The second-order valence-corrected chi connectivity index (χ2v) is 14.9. The Balaban J connectivity index is 1.18. The maximum absolute atomic E-state index is 12.6. The summed E-state index contributed by atoms with van der Waals surface area (Å²) in [5.74, 6) is -1.03. The number of ether oxygens (including phenoxy) is 6. The van der Waals surface area contributed by atoms with Gasteiger partial charge in [-0.25, -0.2) is 0 Å². The summed E-state index contributed by atoms with van der Waals surface area (Å²) in [5.41, 5.74) is 48.0. The van der Waals surface area contributed by atoms with Crippen LogP contribution in [0, 0.1) is 0 Å². The van der Waals surface area contributed by atoms with E-state index in [0.717, 1.165) is 0 Å². The van der Waals surface area contributed by atoms with Crippen LogP contribution in [0.4, 0.5) is 0 Å². The van der Waals surface area contributed by atoms with Crippen molar-refractivity contribution in [3.05, 3.63) is 0 Å². The van der Waals surface area contributed by atoms with Gasteiger partial charge in [-0.1, -0.05) is 0 Å². The minimum atomic E-state index is -1.41. The van der Waals surface area contributed by atoms with Crippen molar-refractivity contribution in [1.82, 2.24) is 10.6 Å². The van der Waals surface area contributed by atoms with Crippen LogP contribution in [0.5, 0.6) is 0 Å². The molecule has 24 N–H and O–H groups in total. The largest absolute Gasteiger partial charge is 0.389 e. The third kappa shape index (κ3) is 11.4. The van der Waals surface area contributed by atoms with Crippen LogP contribution >= 0.6 is 0 Å². The van der Waals surface area contributed by atoms with E-state index in [1.54, 1.807) is 0 Å². The lowest BCUT2D eigenvalue weighted by molar-refractivity contribution is -0.290. The van der Waals surface area contributed by atoms with Gasteiger partial charge in [0.2, 0.25) is 11.8 Å². The molecular weight excluding hydrogens is 748 g/mol. The molecule has 2 saturated heterocycles. The van der Waals surface area contributed by atoms with Gasteiger partial charge in [-0.3, -0.25) is 9.59 Å². The van der Waals surface area contributed by atoms with Gasteiger partial charge in [-0.15, -0.1) is 0 Å². The van der Waals surface area contributed by atoms with E-state index < -0.39 is 147 Å². The Hall–Kier alpha value is -1.86. The predicted octanol–water partition coefficient (Wildman–Crippen LogP) is -10.2. The Kier molecular flexibility index (Phi) is 17.9.